The summed E-state index contributed by atoms with van der Waals surface area (Å²) < 4.78 is 5.12. The molecule has 2 fully saturated rings. The molecule has 190 valence electrons. The average molecular weight is 509 g/mol. The molecule has 1 saturated heterocycles. The van der Waals surface area contributed by atoms with Crippen molar-refractivity contribution in [2.75, 3.05) is 12.0 Å². The molecule has 4 atom stereocenters. The molecule has 1 aliphatic heterocycles. The Labute approximate surface area is 218 Å². The van der Waals surface area contributed by atoms with Crippen molar-refractivity contribution in [1.82, 2.24) is 0 Å². The lowest BCUT2D eigenvalue weighted by molar-refractivity contribution is -0.384. The molecule has 1 saturated carbocycles. The molecule has 2 amide bonds. The minimum Gasteiger partial charge on any atom is -0.496 e. The van der Waals surface area contributed by atoms with Crippen LogP contribution in [0.1, 0.15) is 25.0 Å². The van der Waals surface area contributed by atoms with Crippen molar-refractivity contribution in [2.24, 2.45) is 22.7 Å². The maximum atomic E-state index is 14.3. The number of Topliss-reactive ketones (excluding diaryl/α,β-unsaturated/α-hetero) is 1. The van der Waals surface area contributed by atoms with E-state index in [-0.39, 0.29) is 17.2 Å². The van der Waals surface area contributed by atoms with Gasteiger partial charge < -0.3 is 4.74 Å². The number of nitrogens with zero attached hydrogens (tertiary/aromatic N) is 2. The maximum Gasteiger partial charge on any atom is 0.297 e. The molecule has 1 heterocycles. The lowest BCUT2D eigenvalue weighted by Crippen LogP contribution is -2.40. The van der Waals surface area contributed by atoms with Crippen molar-refractivity contribution in [3.8, 4) is 5.75 Å². The fourth-order valence-electron chi connectivity index (χ4n) is 7.01. The minimum atomic E-state index is -1.30. The highest BCUT2D eigenvalue weighted by Gasteiger charge is 2.79. The van der Waals surface area contributed by atoms with Crippen LogP contribution in [0.4, 0.5) is 11.4 Å². The summed E-state index contributed by atoms with van der Waals surface area (Å²) in [5.74, 6) is -3.13. The molecule has 8 heteroatoms. The van der Waals surface area contributed by atoms with Crippen LogP contribution in [0.3, 0.4) is 0 Å². The first-order valence-electron chi connectivity index (χ1n) is 12.3. The maximum absolute atomic E-state index is 14.3. The van der Waals surface area contributed by atoms with E-state index < -0.39 is 45.1 Å². The van der Waals surface area contributed by atoms with E-state index in [1.165, 1.54) is 25.3 Å². The van der Waals surface area contributed by atoms with Crippen LogP contribution in [0.2, 0.25) is 0 Å². The summed E-state index contributed by atoms with van der Waals surface area (Å²) in [6.45, 7) is 3.49. The van der Waals surface area contributed by atoms with Crippen molar-refractivity contribution in [3.05, 3.63) is 100 Å². The number of imide groups is 1. The summed E-state index contributed by atoms with van der Waals surface area (Å²) in [6, 6.07) is 22.9. The first kappa shape index (κ1) is 23.8. The van der Waals surface area contributed by atoms with Gasteiger partial charge in [-0.25, -0.2) is 4.90 Å². The Bertz CT molecular complexity index is 1500. The second-order valence-electron chi connectivity index (χ2n) is 10.3. The number of nitro groups is 1. The molecule has 3 aromatic rings. The Morgan fingerprint density at radius 1 is 0.789 bits per heavy atom. The Balaban J connectivity index is 1.60. The molecule has 0 N–H and O–H groups in total. The summed E-state index contributed by atoms with van der Waals surface area (Å²) in [4.78, 5) is 54.7. The van der Waals surface area contributed by atoms with E-state index in [0.717, 1.165) is 27.2 Å². The number of nitro benzene ring substituents is 1. The van der Waals surface area contributed by atoms with E-state index in [1.54, 1.807) is 13.8 Å². The summed E-state index contributed by atoms with van der Waals surface area (Å²) in [7, 11) is 1.38. The number of methoxy groups -OCH3 is 1. The third kappa shape index (κ3) is 2.77. The van der Waals surface area contributed by atoms with Crippen molar-refractivity contribution in [1.29, 1.82) is 0 Å². The number of carbonyl (C=O) groups is 3. The SMILES string of the molecule is COc1ccc(N2C(=O)[C@@H]3[C@H](C2=O)[C@@]2(C)C(=O)[C@@]3(C)C(c3ccccc3)=C2c2ccccc2)c([N+](=O)[O-])c1. The van der Waals surface area contributed by atoms with Crippen LogP contribution in [0, 0.1) is 32.8 Å². The predicted molar refractivity (Wildman–Crippen MR) is 140 cm³/mol. The Kier molecular flexibility index (Phi) is 4.98. The Morgan fingerprint density at radius 3 is 1.68 bits per heavy atom. The first-order valence-corrected chi connectivity index (χ1v) is 12.3. The standard InChI is InChI=1S/C30H24N2O6/c1-29-22(17-10-6-4-7-11-17)23(18-12-8-5-9-13-18)30(2,28(29)35)25-24(29)26(33)31(27(25)34)20-15-14-19(38-3)16-21(20)32(36)37/h4-16,24-25H,1-3H3/t24-,25+,29-,30-/m0/s1. The van der Waals surface area contributed by atoms with Crippen LogP contribution in [0.15, 0.2) is 78.9 Å². The van der Waals surface area contributed by atoms with Crippen LogP contribution in [0.5, 0.6) is 5.75 Å². The minimum absolute atomic E-state index is 0.123. The fourth-order valence-corrected chi connectivity index (χ4v) is 7.01. The zero-order valence-corrected chi connectivity index (χ0v) is 21.0. The van der Waals surface area contributed by atoms with Gasteiger partial charge in [0.25, 0.3) is 5.69 Å². The summed E-state index contributed by atoms with van der Waals surface area (Å²) >= 11 is 0. The van der Waals surface area contributed by atoms with Crippen LogP contribution in [-0.2, 0) is 14.4 Å². The number of ketones is 1. The molecule has 0 radical (unpaired) electrons. The number of benzene rings is 3. The zero-order chi connectivity index (χ0) is 27.0. The number of allylic oxidation sites excluding steroid dienone is 2. The lowest BCUT2D eigenvalue weighted by Gasteiger charge is -2.35. The monoisotopic (exact) mass is 508 g/mol. The molecular formula is C30H24N2O6. The van der Waals surface area contributed by atoms with Crippen LogP contribution < -0.4 is 9.64 Å². The first-order chi connectivity index (χ1) is 18.2. The Morgan fingerprint density at radius 2 is 1.26 bits per heavy atom. The molecule has 3 aromatic carbocycles. The van der Waals surface area contributed by atoms with E-state index in [0.29, 0.717) is 0 Å². The van der Waals surface area contributed by atoms with Crippen molar-refractivity contribution in [2.45, 2.75) is 13.8 Å². The van der Waals surface area contributed by atoms with Crippen molar-refractivity contribution < 1.29 is 24.0 Å². The van der Waals surface area contributed by atoms with E-state index in [9.17, 15) is 24.5 Å². The smallest absolute Gasteiger partial charge is 0.297 e. The number of anilines is 1. The van der Waals surface area contributed by atoms with Gasteiger partial charge in [0, 0.05) is 0 Å². The van der Waals surface area contributed by atoms with Gasteiger partial charge in [-0.1, -0.05) is 60.7 Å². The fraction of sp³-hybridized carbons (Fsp3) is 0.233. The second-order valence-corrected chi connectivity index (χ2v) is 10.3. The van der Waals surface area contributed by atoms with Gasteiger partial charge in [-0.15, -0.1) is 0 Å². The normalized spacial score (nSPS) is 27.8. The van der Waals surface area contributed by atoms with Gasteiger partial charge in [-0.05, 0) is 48.3 Å². The van der Waals surface area contributed by atoms with Gasteiger partial charge in [0.05, 0.1) is 40.8 Å². The third-order valence-electron chi connectivity index (χ3n) is 8.53. The van der Waals surface area contributed by atoms with Crippen LogP contribution >= 0.6 is 0 Å². The average Bonchev–Trinajstić information content (AvgIpc) is 3.38. The highest BCUT2D eigenvalue weighted by molar-refractivity contribution is 6.34. The molecule has 0 unspecified atom stereocenters. The van der Waals surface area contributed by atoms with Gasteiger partial charge in [0.15, 0.2) is 5.78 Å². The van der Waals surface area contributed by atoms with Gasteiger partial charge in [-0.3, -0.25) is 24.5 Å². The summed E-state index contributed by atoms with van der Waals surface area (Å²) in [6.07, 6.45) is 0. The van der Waals surface area contributed by atoms with Gasteiger partial charge in [0.2, 0.25) is 11.8 Å². The Hall–Kier alpha value is -4.59. The molecule has 0 spiro atoms. The molecule has 38 heavy (non-hydrogen) atoms. The van der Waals surface area contributed by atoms with Crippen LogP contribution in [0.25, 0.3) is 11.1 Å². The van der Waals surface area contributed by atoms with Gasteiger partial charge in [-0.2, -0.15) is 0 Å². The van der Waals surface area contributed by atoms with E-state index in [2.05, 4.69) is 0 Å². The summed E-state index contributed by atoms with van der Waals surface area (Å²) in [5.41, 5.74) is -0.0718. The molecular weight excluding hydrogens is 484 g/mol. The number of carbonyl (C=O) groups excluding carboxylic acids is 3. The van der Waals surface area contributed by atoms with E-state index in [1.807, 2.05) is 60.7 Å². The zero-order valence-electron chi connectivity index (χ0n) is 21.0. The quantitative estimate of drug-likeness (QED) is 0.275. The molecule has 2 aliphatic carbocycles. The van der Waals surface area contributed by atoms with Gasteiger partial charge in [0.1, 0.15) is 11.4 Å². The summed E-state index contributed by atoms with van der Waals surface area (Å²) in [5, 5.41) is 11.9. The number of hydrogen-bond donors (Lipinski definition) is 0. The number of amides is 2. The molecule has 0 aromatic heterocycles. The van der Waals surface area contributed by atoms with E-state index >= 15 is 0 Å². The highest BCUT2D eigenvalue weighted by atomic mass is 16.6. The highest BCUT2D eigenvalue weighted by Crippen LogP contribution is 2.73. The van der Waals surface area contributed by atoms with Crippen molar-refractivity contribution in [3.63, 3.8) is 0 Å². The molecule has 3 aliphatic rings. The van der Waals surface area contributed by atoms with Crippen LogP contribution in [-0.4, -0.2) is 29.6 Å². The molecule has 2 bridgehead atoms. The van der Waals surface area contributed by atoms with E-state index in [4.69, 9.17) is 4.74 Å². The second kappa shape index (κ2) is 7.95. The lowest BCUT2D eigenvalue weighted by atomic mass is 9.63. The number of hydrogen-bond acceptors (Lipinski definition) is 6. The molecule has 8 nitrogen and oxygen atoms in total. The number of rotatable bonds is 5. The topological polar surface area (TPSA) is 107 Å². The molecule has 6 rings (SSSR count). The number of ether oxygens (including phenoxy) is 1. The van der Waals surface area contributed by atoms with Crippen molar-refractivity contribution >= 4 is 40.1 Å². The predicted octanol–water partition coefficient (Wildman–Crippen LogP) is 4.93. The number of fused-ring (bicyclic) bond motifs is 5. The largest absolute Gasteiger partial charge is 0.496 e. The van der Waals surface area contributed by atoms with Gasteiger partial charge >= 0.3 is 0 Å². The third-order valence-corrected chi connectivity index (χ3v) is 8.53.